The highest BCUT2D eigenvalue weighted by Crippen LogP contribution is 2.61. The number of hydrogen-bond donors (Lipinski definition) is 2. The largest absolute Gasteiger partial charge is 0.352 e. The minimum Gasteiger partial charge on any atom is -0.352 e. The van der Waals surface area contributed by atoms with E-state index in [-0.39, 0.29) is 11.9 Å². The van der Waals surface area contributed by atoms with Crippen LogP contribution in [-0.2, 0) is 4.79 Å². The third kappa shape index (κ3) is 1.88. The molecule has 0 aromatic heterocycles. The average Bonchev–Trinajstić information content (AvgIpc) is 2.23. The van der Waals surface area contributed by atoms with Gasteiger partial charge in [0, 0.05) is 19.5 Å². The number of hydrogen-bond acceptors (Lipinski definition) is 2. The number of carbonyl (C=O) groups excluding carboxylic acids is 1. The van der Waals surface area contributed by atoms with Gasteiger partial charge in [-0.15, -0.1) is 0 Å². The van der Waals surface area contributed by atoms with Crippen LogP contribution in [0.5, 0.6) is 0 Å². The molecule has 4 aliphatic carbocycles. The molecule has 0 heterocycles. The lowest BCUT2D eigenvalue weighted by molar-refractivity contribution is -0.124. The fraction of sp³-hybridized carbons (Fsp3) is 0.929. The van der Waals surface area contributed by atoms with Crippen molar-refractivity contribution in [3.63, 3.8) is 0 Å². The van der Waals surface area contributed by atoms with E-state index in [0.29, 0.717) is 12.0 Å². The number of rotatable bonds is 3. The summed E-state index contributed by atoms with van der Waals surface area (Å²) in [6, 6.07) is 0.216. The van der Waals surface area contributed by atoms with Crippen molar-refractivity contribution in [2.24, 2.45) is 28.9 Å². The number of nitrogens with two attached hydrogens (primary N) is 1. The molecule has 0 aliphatic heterocycles. The van der Waals surface area contributed by atoms with Crippen LogP contribution in [0, 0.1) is 23.2 Å². The fourth-order valence-electron chi connectivity index (χ4n) is 5.31. The second kappa shape index (κ2) is 3.98. The standard InChI is InChI=1S/C14H24N2O/c1-9(17)16-13(8-15)14-5-10-2-11(6-14)4-12(3-10)7-14/h10-13H,2-8,15H2,1H3,(H,16,17). The Bertz CT molecular complexity index is 291. The van der Waals surface area contributed by atoms with Crippen molar-refractivity contribution in [3.05, 3.63) is 0 Å². The van der Waals surface area contributed by atoms with E-state index in [1.54, 1.807) is 6.92 Å². The van der Waals surface area contributed by atoms with Crippen molar-refractivity contribution in [1.29, 1.82) is 0 Å². The van der Waals surface area contributed by atoms with Crippen molar-refractivity contribution >= 4 is 5.91 Å². The molecular formula is C14H24N2O. The molecule has 4 saturated carbocycles. The molecule has 4 bridgehead atoms. The first kappa shape index (κ1) is 11.5. The molecule has 0 saturated heterocycles. The molecule has 3 nitrogen and oxygen atoms in total. The van der Waals surface area contributed by atoms with E-state index >= 15 is 0 Å². The molecule has 3 N–H and O–H groups in total. The van der Waals surface area contributed by atoms with Crippen molar-refractivity contribution in [2.45, 2.75) is 51.5 Å². The van der Waals surface area contributed by atoms with Crippen LogP contribution in [0.3, 0.4) is 0 Å². The number of nitrogens with one attached hydrogen (secondary N) is 1. The lowest BCUT2D eigenvalue weighted by atomic mass is 9.47. The summed E-state index contributed by atoms with van der Waals surface area (Å²) in [5.41, 5.74) is 6.27. The van der Waals surface area contributed by atoms with Gasteiger partial charge in [0.1, 0.15) is 0 Å². The molecule has 0 spiro atoms. The summed E-state index contributed by atoms with van der Waals surface area (Å²) >= 11 is 0. The molecule has 4 fully saturated rings. The molecule has 4 aliphatic rings. The normalized spacial score (nSPS) is 44.7. The molecule has 17 heavy (non-hydrogen) atoms. The average molecular weight is 236 g/mol. The summed E-state index contributed by atoms with van der Waals surface area (Å²) in [5, 5.41) is 3.12. The minimum absolute atomic E-state index is 0.0798. The molecule has 1 amide bonds. The summed E-state index contributed by atoms with van der Waals surface area (Å²) in [5.74, 6) is 2.84. The lowest BCUT2D eigenvalue weighted by Crippen LogP contribution is -2.59. The van der Waals surface area contributed by atoms with Crippen molar-refractivity contribution < 1.29 is 4.79 Å². The zero-order chi connectivity index (χ0) is 12.0. The monoisotopic (exact) mass is 236 g/mol. The summed E-state index contributed by atoms with van der Waals surface area (Å²) < 4.78 is 0. The van der Waals surface area contributed by atoms with Gasteiger partial charge in [0.15, 0.2) is 0 Å². The molecule has 0 aromatic rings. The van der Waals surface area contributed by atoms with Crippen LogP contribution in [0.4, 0.5) is 0 Å². The molecule has 0 radical (unpaired) electrons. The Balaban J connectivity index is 1.82. The van der Waals surface area contributed by atoms with Gasteiger partial charge in [-0.25, -0.2) is 0 Å². The Labute approximate surface area is 104 Å². The summed E-state index contributed by atoms with van der Waals surface area (Å²) in [7, 11) is 0. The smallest absolute Gasteiger partial charge is 0.217 e. The van der Waals surface area contributed by atoms with Crippen molar-refractivity contribution in [1.82, 2.24) is 5.32 Å². The third-order valence-electron chi connectivity index (χ3n) is 5.44. The van der Waals surface area contributed by atoms with Crippen LogP contribution in [0.1, 0.15) is 45.4 Å². The van der Waals surface area contributed by atoms with E-state index < -0.39 is 0 Å². The first-order valence-corrected chi connectivity index (χ1v) is 7.08. The maximum absolute atomic E-state index is 11.3. The van der Waals surface area contributed by atoms with Crippen molar-refractivity contribution in [3.8, 4) is 0 Å². The van der Waals surface area contributed by atoms with Gasteiger partial charge in [-0.1, -0.05) is 0 Å². The topological polar surface area (TPSA) is 55.1 Å². The quantitative estimate of drug-likeness (QED) is 0.783. The van der Waals surface area contributed by atoms with Crippen LogP contribution in [0.25, 0.3) is 0 Å². The Morgan fingerprint density at radius 2 is 1.71 bits per heavy atom. The minimum atomic E-state index is 0.0798. The van der Waals surface area contributed by atoms with Gasteiger partial charge in [0.05, 0.1) is 0 Å². The first-order valence-electron chi connectivity index (χ1n) is 7.08. The zero-order valence-electron chi connectivity index (χ0n) is 10.7. The predicted molar refractivity (Wildman–Crippen MR) is 67.3 cm³/mol. The Morgan fingerprint density at radius 1 is 1.24 bits per heavy atom. The van der Waals surface area contributed by atoms with E-state index in [0.717, 1.165) is 17.8 Å². The van der Waals surface area contributed by atoms with Crippen LogP contribution in [0.15, 0.2) is 0 Å². The van der Waals surface area contributed by atoms with Crippen LogP contribution in [0.2, 0.25) is 0 Å². The van der Waals surface area contributed by atoms with Crippen LogP contribution in [-0.4, -0.2) is 18.5 Å². The Hall–Kier alpha value is -0.570. The van der Waals surface area contributed by atoms with Crippen molar-refractivity contribution in [2.75, 3.05) is 6.54 Å². The van der Waals surface area contributed by atoms with Crippen LogP contribution >= 0.6 is 0 Å². The van der Waals surface area contributed by atoms with Gasteiger partial charge < -0.3 is 11.1 Å². The number of amides is 1. The molecule has 0 aromatic carbocycles. The maximum atomic E-state index is 11.3. The van der Waals surface area contributed by atoms with E-state index in [2.05, 4.69) is 5.32 Å². The first-order chi connectivity index (χ1) is 8.11. The Kier molecular flexibility index (Phi) is 2.69. The second-order valence-corrected chi connectivity index (χ2v) is 6.77. The zero-order valence-corrected chi connectivity index (χ0v) is 10.7. The van der Waals surface area contributed by atoms with E-state index in [1.807, 2.05) is 0 Å². The van der Waals surface area contributed by atoms with Gasteiger partial charge >= 0.3 is 0 Å². The van der Waals surface area contributed by atoms with Gasteiger partial charge in [-0.2, -0.15) is 0 Å². The van der Waals surface area contributed by atoms with Gasteiger partial charge in [-0.05, 0) is 61.7 Å². The highest BCUT2D eigenvalue weighted by atomic mass is 16.1. The molecule has 1 atom stereocenters. The summed E-state index contributed by atoms with van der Waals surface area (Å²) in [6.07, 6.45) is 8.24. The SMILES string of the molecule is CC(=O)NC(CN)C12CC3CC(CC(C3)C1)C2. The van der Waals surface area contributed by atoms with Crippen LogP contribution < -0.4 is 11.1 Å². The fourth-order valence-corrected chi connectivity index (χ4v) is 5.31. The predicted octanol–water partition coefficient (Wildman–Crippen LogP) is 1.67. The maximum Gasteiger partial charge on any atom is 0.217 e. The molecule has 4 rings (SSSR count). The van der Waals surface area contributed by atoms with E-state index in [1.165, 1.54) is 38.5 Å². The third-order valence-corrected chi connectivity index (χ3v) is 5.44. The Morgan fingerprint density at radius 3 is 2.06 bits per heavy atom. The van der Waals surface area contributed by atoms with Gasteiger partial charge in [0.25, 0.3) is 0 Å². The second-order valence-electron chi connectivity index (χ2n) is 6.77. The highest BCUT2D eigenvalue weighted by Gasteiger charge is 2.53. The molecule has 96 valence electrons. The van der Waals surface area contributed by atoms with Gasteiger partial charge in [-0.3, -0.25) is 4.79 Å². The lowest BCUT2D eigenvalue weighted by Gasteiger charge is -2.59. The van der Waals surface area contributed by atoms with Gasteiger partial charge in [0.2, 0.25) is 5.91 Å². The summed E-state index contributed by atoms with van der Waals surface area (Å²) in [6.45, 7) is 2.22. The summed E-state index contributed by atoms with van der Waals surface area (Å²) in [4.78, 5) is 11.3. The number of carbonyl (C=O) groups is 1. The van der Waals surface area contributed by atoms with E-state index in [9.17, 15) is 4.79 Å². The highest BCUT2D eigenvalue weighted by molar-refractivity contribution is 5.73. The molecule has 3 heteroatoms. The molecule has 1 unspecified atom stereocenters. The molecular weight excluding hydrogens is 212 g/mol. The van der Waals surface area contributed by atoms with E-state index in [4.69, 9.17) is 5.73 Å².